The first kappa shape index (κ1) is 22.6. The van der Waals surface area contributed by atoms with E-state index in [0.717, 1.165) is 66.1 Å². The molecule has 2 rings (SSSR count). The molecule has 1 heterocycles. The monoisotopic (exact) mass is 422 g/mol. The predicted molar refractivity (Wildman–Crippen MR) is 99.7 cm³/mol. The maximum absolute atomic E-state index is 13.4. The molecule has 1 fully saturated rings. The van der Waals surface area contributed by atoms with Crippen LogP contribution in [0.1, 0.15) is 44.7 Å². The normalized spacial score (nSPS) is 18.1. The molecule has 0 aliphatic carbocycles. The van der Waals surface area contributed by atoms with Crippen molar-refractivity contribution in [2.75, 3.05) is 38.2 Å². The molecule has 1 aromatic rings. The number of hydrogen-bond donors (Lipinski definition) is 0. The average molecular weight is 422 g/mol. The Kier molecular flexibility index (Phi) is 8.57. The van der Waals surface area contributed by atoms with E-state index in [2.05, 4.69) is 34.6 Å². The molecule has 5 heteroatoms. The van der Waals surface area contributed by atoms with Gasteiger partial charge in [0.25, 0.3) is 5.91 Å². The van der Waals surface area contributed by atoms with Crippen LogP contribution in [0.2, 0.25) is 0 Å². The summed E-state index contributed by atoms with van der Waals surface area (Å²) in [4.78, 5) is 15.4. The Morgan fingerprint density at radius 2 is 1.64 bits per heavy atom. The number of amides is 1. The number of carbonyl (C=O) groups is 1. The van der Waals surface area contributed by atoms with Gasteiger partial charge in [-0.05, 0) is 64.3 Å². The molecule has 1 unspecified atom stereocenters. The van der Waals surface area contributed by atoms with Crippen LogP contribution in [0.25, 0.3) is 0 Å². The minimum absolute atomic E-state index is 0. The number of aryl methyl sites for hydroxylation is 2. The van der Waals surface area contributed by atoms with Crippen LogP contribution < -0.4 is 9.64 Å². The van der Waals surface area contributed by atoms with Crippen molar-refractivity contribution in [1.82, 2.24) is 0 Å². The van der Waals surface area contributed by atoms with Gasteiger partial charge in [0.1, 0.15) is 5.75 Å². The van der Waals surface area contributed by atoms with Gasteiger partial charge in [0.05, 0.1) is 26.7 Å². The number of piperidine rings is 1. The number of benzene rings is 1. The molecule has 0 bridgehead atoms. The van der Waals surface area contributed by atoms with Crippen molar-refractivity contribution < 1.29 is 46.7 Å². The molecule has 1 aromatic carbocycles. The van der Waals surface area contributed by atoms with Gasteiger partial charge < -0.3 is 14.1 Å². The third kappa shape index (κ3) is 4.28. The van der Waals surface area contributed by atoms with Crippen LogP contribution >= 0.6 is 0 Å². The van der Waals surface area contributed by atoms with Crippen molar-refractivity contribution in [2.45, 2.75) is 53.5 Å². The number of methoxy groups -OCH3 is 1. The number of ether oxygens (including phenoxy) is 1. The summed E-state index contributed by atoms with van der Waals surface area (Å²) < 4.78 is 6.26. The van der Waals surface area contributed by atoms with E-state index in [1.165, 1.54) is 0 Å². The fraction of sp³-hybridized carbons (Fsp3) is 0.650. The van der Waals surface area contributed by atoms with Gasteiger partial charge in [0.2, 0.25) is 0 Å². The second-order valence-corrected chi connectivity index (χ2v) is 6.92. The Hall–Kier alpha value is -0.446. The first-order valence-corrected chi connectivity index (χ1v) is 9.26. The third-order valence-electron chi connectivity index (χ3n) is 5.93. The maximum atomic E-state index is 13.4. The van der Waals surface area contributed by atoms with E-state index in [-0.39, 0.29) is 38.8 Å². The number of likely N-dealkylation sites (N-methyl/N-ethyl adjacent to an activating group) is 1. The van der Waals surface area contributed by atoms with E-state index in [1.807, 2.05) is 17.0 Å². The number of nitrogens with zero attached hydrogens (tertiary/aromatic N) is 2. The van der Waals surface area contributed by atoms with Crippen molar-refractivity contribution in [2.24, 2.45) is 0 Å². The van der Waals surface area contributed by atoms with Crippen molar-refractivity contribution in [3.63, 3.8) is 0 Å². The first-order chi connectivity index (χ1) is 11.4. The standard InChI is InChI=1S/C20H33N2O2.Y/c1-7-22(8-2,9-3)18-11-10-12-21(20(18)23)19-15(4)13-17(24-6)14-16(19)5;/h13-14,18H,7-12H2,1-6H3;/q+1;. The van der Waals surface area contributed by atoms with Crippen LogP contribution in [-0.4, -0.2) is 49.7 Å². The van der Waals surface area contributed by atoms with Gasteiger partial charge in [0, 0.05) is 51.4 Å². The van der Waals surface area contributed by atoms with Gasteiger partial charge in [-0.1, -0.05) is 0 Å². The summed E-state index contributed by atoms with van der Waals surface area (Å²) >= 11 is 0. The van der Waals surface area contributed by atoms with Crippen LogP contribution in [0.15, 0.2) is 12.1 Å². The Bertz CT molecular complexity index is 568. The summed E-state index contributed by atoms with van der Waals surface area (Å²) in [6, 6.07) is 4.14. The summed E-state index contributed by atoms with van der Waals surface area (Å²) in [5.41, 5.74) is 3.30. The smallest absolute Gasteiger partial charge is 0.285 e. The molecule has 25 heavy (non-hydrogen) atoms. The molecular weight excluding hydrogens is 389 g/mol. The van der Waals surface area contributed by atoms with Crippen LogP contribution in [0.4, 0.5) is 5.69 Å². The molecular formula is C20H33N2O2Y+. The average Bonchev–Trinajstić information content (AvgIpc) is 2.58. The summed E-state index contributed by atoms with van der Waals surface area (Å²) in [7, 11) is 1.69. The molecule has 4 nitrogen and oxygen atoms in total. The van der Waals surface area contributed by atoms with E-state index < -0.39 is 0 Å². The van der Waals surface area contributed by atoms with Gasteiger partial charge in [0.15, 0.2) is 6.04 Å². The van der Waals surface area contributed by atoms with Crippen molar-refractivity contribution in [1.29, 1.82) is 0 Å². The first-order valence-electron chi connectivity index (χ1n) is 9.26. The molecule has 1 aliphatic heterocycles. The zero-order valence-corrected chi connectivity index (χ0v) is 19.6. The quantitative estimate of drug-likeness (QED) is 0.655. The predicted octanol–water partition coefficient (Wildman–Crippen LogP) is 3.68. The Morgan fingerprint density at radius 3 is 2.08 bits per heavy atom. The van der Waals surface area contributed by atoms with Crippen LogP contribution in [0.5, 0.6) is 5.75 Å². The van der Waals surface area contributed by atoms with Crippen LogP contribution in [-0.2, 0) is 37.5 Å². The SMILES string of the molecule is CC[N+](CC)(CC)C1CCCN(c2c(C)cc(OC)cc2C)C1=O.[Y]. The number of rotatable bonds is 6. The number of quaternary nitrogens is 1. The summed E-state index contributed by atoms with van der Waals surface area (Å²) in [5.74, 6) is 1.15. The Morgan fingerprint density at radius 1 is 1.12 bits per heavy atom. The van der Waals surface area contributed by atoms with Crippen molar-refractivity contribution >= 4 is 11.6 Å². The number of hydrogen-bond acceptors (Lipinski definition) is 2. The van der Waals surface area contributed by atoms with E-state index in [9.17, 15) is 4.79 Å². The molecule has 0 N–H and O–H groups in total. The van der Waals surface area contributed by atoms with E-state index in [4.69, 9.17) is 4.74 Å². The fourth-order valence-electron chi connectivity index (χ4n) is 4.38. The van der Waals surface area contributed by atoms with Gasteiger partial charge in [-0.2, -0.15) is 0 Å². The molecule has 1 atom stereocenters. The zero-order valence-electron chi connectivity index (χ0n) is 16.8. The molecule has 1 radical (unpaired) electrons. The molecule has 0 spiro atoms. The topological polar surface area (TPSA) is 29.5 Å². The van der Waals surface area contributed by atoms with Gasteiger partial charge >= 0.3 is 0 Å². The number of carbonyl (C=O) groups excluding carboxylic acids is 1. The molecule has 1 aliphatic rings. The second kappa shape index (κ2) is 9.48. The largest absolute Gasteiger partial charge is 0.497 e. The van der Waals surface area contributed by atoms with E-state index in [1.54, 1.807) is 7.11 Å². The molecule has 0 saturated carbocycles. The molecule has 0 aromatic heterocycles. The minimum atomic E-state index is 0. The second-order valence-electron chi connectivity index (χ2n) is 6.92. The van der Waals surface area contributed by atoms with E-state index >= 15 is 0 Å². The van der Waals surface area contributed by atoms with Gasteiger partial charge in [-0.25, -0.2) is 0 Å². The van der Waals surface area contributed by atoms with Gasteiger partial charge in [-0.3, -0.25) is 4.79 Å². The third-order valence-corrected chi connectivity index (χ3v) is 5.93. The van der Waals surface area contributed by atoms with Crippen LogP contribution in [0, 0.1) is 13.8 Å². The molecule has 1 saturated heterocycles. The fourth-order valence-corrected chi connectivity index (χ4v) is 4.38. The van der Waals surface area contributed by atoms with Crippen molar-refractivity contribution in [3.8, 4) is 5.75 Å². The Balaban J connectivity index is 0.00000312. The van der Waals surface area contributed by atoms with Crippen molar-refractivity contribution in [3.05, 3.63) is 23.3 Å². The molecule has 137 valence electrons. The maximum Gasteiger partial charge on any atom is 0.285 e. The zero-order chi connectivity index (χ0) is 17.9. The Labute approximate surface area is 178 Å². The summed E-state index contributed by atoms with van der Waals surface area (Å²) in [5, 5.41) is 0. The molecule has 1 amide bonds. The number of anilines is 1. The minimum Gasteiger partial charge on any atom is -0.497 e. The van der Waals surface area contributed by atoms with E-state index in [0.29, 0.717) is 5.91 Å². The van der Waals surface area contributed by atoms with Crippen LogP contribution in [0.3, 0.4) is 0 Å². The summed E-state index contributed by atoms with van der Waals surface area (Å²) in [6.45, 7) is 14.6. The summed E-state index contributed by atoms with van der Waals surface area (Å²) in [6.07, 6.45) is 2.07. The van der Waals surface area contributed by atoms with Gasteiger partial charge in [-0.15, -0.1) is 0 Å².